The fraction of sp³-hybridized carbons (Fsp3) is 0.538. The Balaban J connectivity index is 0.00000337. The molecule has 3 fully saturated rings. The van der Waals surface area contributed by atoms with E-state index in [0.29, 0.717) is 50.0 Å². The molecule has 6 heterocycles. The Morgan fingerprint density at radius 3 is 2.63 bits per heavy atom. The smallest absolute Gasteiger partial charge is 0.320 e. The number of thiazole rings is 1. The Kier molecular flexibility index (Phi) is 9.37. The van der Waals surface area contributed by atoms with E-state index in [4.69, 9.17) is 25.2 Å². The topological polar surface area (TPSA) is 152 Å². The molecular weight excluding hydrogens is 566 g/mol. The van der Waals surface area contributed by atoms with E-state index < -0.39 is 5.97 Å². The first-order chi connectivity index (χ1) is 19.6. The van der Waals surface area contributed by atoms with Gasteiger partial charge < -0.3 is 35.2 Å². The lowest BCUT2D eigenvalue weighted by molar-refractivity contribution is -0.146. The van der Waals surface area contributed by atoms with Crippen molar-refractivity contribution in [1.82, 2.24) is 19.9 Å². The van der Waals surface area contributed by atoms with Crippen molar-refractivity contribution in [2.24, 2.45) is 5.73 Å². The predicted molar refractivity (Wildman–Crippen MR) is 163 cm³/mol. The normalized spacial score (nSPS) is 19.2. The summed E-state index contributed by atoms with van der Waals surface area (Å²) in [4.78, 5) is 50.0. The number of fused-ring (bicyclic) bond motifs is 1. The van der Waals surface area contributed by atoms with E-state index >= 15 is 0 Å². The zero-order valence-corrected chi connectivity index (χ0v) is 24.6. The number of nitrogens with two attached hydrogens (primary N) is 1. The number of carbonyl (C=O) groups excluding carboxylic acids is 2. The molecule has 3 aliphatic heterocycles. The summed E-state index contributed by atoms with van der Waals surface area (Å²) in [5.74, 6) is 0.374. The highest BCUT2D eigenvalue weighted by atomic mass is 32.1. The van der Waals surface area contributed by atoms with E-state index in [-0.39, 0.29) is 37.7 Å². The lowest BCUT2D eigenvalue weighted by atomic mass is 10.1. The van der Waals surface area contributed by atoms with Gasteiger partial charge in [-0.1, -0.05) is 11.3 Å². The van der Waals surface area contributed by atoms with Crippen molar-refractivity contribution < 1.29 is 19.1 Å². The minimum absolute atomic E-state index is 0. The highest BCUT2D eigenvalue weighted by molar-refractivity contribution is 7.59. The lowest BCUT2D eigenvalue weighted by Gasteiger charge is -2.29. The number of amides is 1. The Labute approximate surface area is 248 Å². The first-order valence-corrected chi connectivity index (χ1v) is 14.6. The van der Waals surface area contributed by atoms with Crippen molar-refractivity contribution in [3.05, 3.63) is 24.0 Å². The van der Waals surface area contributed by atoms with E-state index in [1.165, 1.54) is 6.42 Å². The summed E-state index contributed by atoms with van der Waals surface area (Å²) >= 11 is 1.57. The number of nitrogens with one attached hydrogen (secondary N) is 1. The van der Waals surface area contributed by atoms with Crippen LogP contribution in [0.3, 0.4) is 0 Å². The number of anilines is 4. The number of pyridine rings is 1. The van der Waals surface area contributed by atoms with Crippen molar-refractivity contribution in [3.8, 4) is 0 Å². The number of carbonyl (C=O) groups is 2. The number of esters is 1. The van der Waals surface area contributed by atoms with Crippen LogP contribution in [-0.4, -0.2) is 96.9 Å². The molecule has 220 valence electrons. The van der Waals surface area contributed by atoms with Gasteiger partial charge in [-0.2, -0.15) is 18.5 Å². The molecule has 0 saturated carbocycles. The second-order valence-electron chi connectivity index (χ2n) is 10.1. The molecule has 0 unspecified atom stereocenters. The molecule has 0 aliphatic carbocycles. The van der Waals surface area contributed by atoms with E-state index in [1.807, 2.05) is 11.0 Å². The van der Waals surface area contributed by atoms with Gasteiger partial charge in [-0.25, -0.2) is 15.0 Å². The SMILES string of the molecule is NCC(=O)O[C@H]1CCN(c2nccc(C(=O)Nc3cc4sc(N5CCOCC5)nc4nc3N3CCCCC3)n2)C1.S. The van der Waals surface area contributed by atoms with E-state index in [2.05, 4.69) is 25.1 Å². The van der Waals surface area contributed by atoms with Gasteiger partial charge >= 0.3 is 5.97 Å². The van der Waals surface area contributed by atoms with Gasteiger partial charge in [0.2, 0.25) is 5.95 Å². The molecule has 3 aromatic heterocycles. The fourth-order valence-corrected chi connectivity index (χ4v) is 6.22. The summed E-state index contributed by atoms with van der Waals surface area (Å²) in [6.07, 6.45) is 5.29. The molecule has 6 rings (SSSR count). The fourth-order valence-electron chi connectivity index (χ4n) is 5.23. The van der Waals surface area contributed by atoms with Crippen LogP contribution in [-0.2, 0) is 14.3 Å². The zero-order valence-electron chi connectivity index (χ0n) is 22.8. The maximum Gasteiger partial charge on any atom is 0.320 e. The predicted octanol–water partition coefficient (Wildman–Crippen LogP) is 1.75. The van der Waals surface area contributed by atoms with Crippen LogP contribution in [0.4, 0.5) is 22.6 Å². The Morgan fingerprint density at radius 1 is 1.05 bits per heavy atom. The highest BCUT2D eigenvalue weighted by Crippen LogP contribution is 2.35. The third kappa shape index (κ3) is 6.63. The maximum absolute atomic E-state index is 13.5. The number of piperidine rings is 1. The average molecular weight is 602 g/mol. The molecule has 41 heavy (non-hydrogen) atoms. The van der Waals surface area contributed by atoms with Crippen LogP contribution in [0.15, 0.2) is 18.3 Å². The summed E-state index contributed by atoms with van der Waals surface area (Å²) in [5, 5.41) is 3.99. The average Bonchev–Trinajstić information content (AvgIpc) is 3.64. The summed E-state index contributed by atoms with van der Waals surface area (Å²) in [6.45, 7) is 5.63. The minimum atomic E-state index is -0.436. The molecular formula is C26H35N9O4S2. The third-order valence-corrected chi connectivity index (χ3v) is 8.36. The number of hydrogen-bond donors (Lipinski definition) is 2. The molecule has 1 atom stereocenters. The molecule has 3 saturated heterocycles. The van der Waals surface area contributed by atoms with Crippen LogP contribution >= 0.6 is 24.8 Å². The van der Waals surface area contributed by atoms with E-state index in [9.17, 15) is 9.59 Å². The second kappa shape index (κ2) is 13.1. The molecule has 0 bridgehead atoms. The third-order valence-electron chi connectivity index (χ3n) is 7.30. The monoisotopic (exact) mass is 601 g/mol. The van der Waals surface area contributed by atoms with Crippen LogP contribution < -0.4 is 25.8 Å². The minimum Gasteiger partial charge on any atom is -0.459 e. The Morgan fingerprint density at radius 2 is 1.85 bits per heavy atom. The number of aromatic nitrogens is 4. The summed E-state index contributed by atoms with van der Waals surface area (Å²) in [6, 6.07) is 3.57. The molecule has 0 spiro atoms. The summed E-state index contributed by atoms with van der Waals surface area (Å²) in [5.41, 5.74) is 6.94. The molecule has 15 heteroatoms. The van der Waals surface area contributed by atoms with Crippen LogP contribution in [0.2, 0.25) is 0 Å². The van der Waals surface area contributed by atoms with Crippen molar-refractivity contribution in [3.63, 3.8) is 0 Å². The van der Waals surface area contributed by atoms with Crippen LogP contribution in [0.5, 0.6) is 0 Å². The van der Waals surface area contributed by atoms with Gasteiger partial charge in [0, 0.05) is 45.3 Å². The quantitative estimate of drug-likeness (QED) is 0.380. The van der Waals surface area contributed by atoms with Crippen LogP contribution in [0.25, 0.3) is 10.3 Å². The van der Waals surface area contributed by atoms with Crippen LogP contribution in [0.1, 0.15) is 36.2 Å². The van der Waals surface area contributed by atoms with Gasteiger partial charge in [-0.3, -0.25) is 9.59 Å². The number of morpholine rings is 1. The van der Waals surface area contributed by atoms with Gasteiger partial charge in [0.1, 0.15) is 11.8 Å². The molecule has 13 nitrogen and oxygen atoms in total. The van der Waals surface area contributed by atoms with Gasteiger partial charge in [0.15, 0.2) is 16.6 Å². The first-order valence-electron chi connectivity index (χ1n) is 13.8. The first kappa shape index (κ1) is 29.2. The molecule has 3 aliphatic rings. The van der Waals surface area contributed by atoms with Gasteiger partial charge in [-0.05, 0) is 31.4 Å². The largest absolute Gasteiger partial charge is 0.459 e. The van der Waals surface area contributed by atoms with E-state index in [0.717, 1.165) is 54.7 Å². The molecule has 0 aromatic carbocycles. The maximum atomic E-state index is 13.5. The van der Waals surface area contributed by atoms with Crippen molar-refractivity contribution in [2.75, 3.05) is 79.0 Å². The number of nitrogens with zero attached hydrogens (tertiary/aromatic N) is 7. The summed E-state index contributed by atoms with van der Waals surface area (Å²) < 4.78 is 11.8. The van der Waals surface area contributed by atoms with Gasteiger partial charge in [-0.15, -0.1) is 0 Å². The van der Waals surface area contributed by atoms with Crippen molar-refractivity contribution in [1.29, 1.82) is 0 Å². The zero-order chi connectivity index (χ0) is 27.5. The second-order valence-corrected chi connectivity index (χ2v) is 11.1. The van der Waals surface area contributed by atoms with Gasteiger partial charge in [0.05, 0.1) is 36.7 Å². The Bertz CT molecular complexity index is 1380. The Hall–Kier alpha value is -3.27. The standard InChI is InChI=1S/C26H33N9O4S.H2S/c27-15-21(36)39-17-5-9-35(16-17)25-28-6-4-18(30-25)24(37)29-19-14-20-22(31-23(19)33-7-2-1-3-8-33)32-26(40-20)34-10-12-38-13-11-34;/h4,6,14,17H,1-3,5,7-13,15-16,27H2,(H,29,37);1H2/t17-;/m0./s1. The number of rotatable bonds is 7. The van der Waals surface area contributed by atoms with Crippen molar-refractivity contribution in [2.45, 2.75) is 31.8 Å². The summed E-state index contributed by atoms with van der Waals surface area (Å²) in [7, 11) is 0. The van der Waals surface area contributed by atoms with Crippen molar-refractivity contribution >= 4 is 69.6 Å². The lowest BCUT2D eigenvalue weighted by Crippen LogP contribution is -2.36. The van der Waals surface area contributed by atoms with Crippen LogP contribution in [0, 0.1) is 0 Å². The number of hydrogen-bond acceptors (Lipinski definition) is 13. The molecule has 3 N–H and O–H groups in total. The van der Waals surface area contributed by atoms with Gasteiger partial charge in [0.25, 0.3) is 5.91 Å². The molecule has 1 amide bonds. The number of ether oxygens (including phenoxy) is 2. The molecule has 0 radical (unpaired) electrons. The van der Waals surface area contributed by atoms with E-state index in [1.54, 1.807) is 23.6 Å². The highest BCUT2D eigenvalue weighted by Gasteiger charge is 2.28. The molecule has 3 aromatic rings.